The fourth-order valence-corrected chi connectivity index (χ4v) is 1.56. The molecule has 5 heteroatoms. The lowest BCUT2D eigenvalue weighted by Gasteiger charge is -1.96. The van der Waals surface area contributed by atoms with E-state index >= 15 is 0 Å². The maximum Gasteiger partial charge on any atom is 0.357 e. The van der Waals surface area contributed by atoms with E-state index in [9.17, 15) is 4.79 Å². The fraction of sp³-hybridized carbons (Fsp3) is 0.500. The third-order valence-electron chi connectivity index (χ3n) is 1.32. The molecular formula is C8H12N2O2S. The summed E-state index contributed by atoms with van der Waals surface area (Å²) in [5.41, 5.74) is 0.378. The molecule has 0 saturated carbocycles. The lowest BCUT2D eigenvalue weighted by molar-refractivity contribution is 0.0520. The van der Waals surface area contributed by atoms with Gasteiger partial charge < -0.3 is 10.1 Å². The average molecular weight is 200 g/mol. The first-order chi connectivity index (χ1) is 6.27. The Kier molecular flexibility index (Phi) is 3.70. The SMILES string of the molecule is CCNc1nc(C(=O)OCC)cs1. The van der Waals surface area contributed by atoms with E-state index in [1.54, 1.807) is 12.3 Å². The molecular weight excluding hydrogens is 188 g/mol. The fourth-order valence-electron chi connectivity index (χ4n) is 0.805. The normalized spacial score (nSPS) is 9.69. The number of hydrogen-bond acceptors (Lipinski definition) is 5. The van der Waals surface area contributed by atoms with Crippen LogP contribution in [0.4, 0.5) is 5.13 Å². The second-order valence-electron chi connectivity index (χ2n) is 2.29. The van der Waals surface area contributed by atoms with E-state index in [2.05, 4.69) is 10.3 Å². The molecule has 0 fully saturated rings. The summed E-state index contributed by atoms with van der Waals surface area (Å²) in [5.74, 6) is -0.358. The smallest absolute Gasteiger partial charge is 0.357 e. The van der Waals surface area contributed by atoms with Crippen LogP contribution in [0.2, 0.25) is 0 Å². The topological polar surface area (TPSA) is 51.2 Å². The van der Waals surface area contributed by atoms with Crippen molar-refractivity contribution in [2.45, 2.75) is 13.8 Å². The van der Waals surface area contributed by atoms with Crippen molar-refractivity contribution in [2.24, 2.45) is 0 Å². The van der Waals surface area contributed by atoms with Crippen LogP contribution in [0.3, 0.4) is 0 Å². The molecule has 4 nitrogen and oxygen atoms in total. The van der Waals surface area contributed by atoms with Crippen molar-refractivity contribution in [2.75, 3.05) is 18.5 Å². The van der Waals surface area contributed by atoms with Gasteiger partial charge in [0, 0.05) is 11.9 Å². The Labute approximate surface area is 80.9 Å². The van der Waals surface area contributed by atoms with Crippen LogP contribution >= 0.6 is 11.3 Å². The molecule has 72 valence electrons. The van der Waals surface area contributed by atoms with Gasteiger partial charge in [-0.3, -0.25) is 0 Å². The van der Waals surface area contributed by atoms with E-state index in [1.807, 2.05) is 6.92 Å². The quantitative estimate of drug-likeness (QED) is 0.752. The maximum absolute atomic E-state index is 11.2. The third-order valence-corrected chi connectivity index (χ3v) is 2.12. The number of rotatable bonds is 4. The van der Waals surface area contributed by atoms with Crippen LogP contribution in [0.1, 0.15) is 24.3 Å². The van der Waals surface area contributed by atoms with Crippen molar-refractivity contribution >= 4 is 22.4 Å². The Morgan fingerprint density at radius 2 is 2.46 bits per heavy atom. The molecule has 1 heterocycles. The zero-order valence-corrected chi connectivity index (χ0v) is 8.48. The molecule has 1 aromatic rings. The van der Waals surface area contributed by atoms with Gasteiger partial charge in [0.2, 0.25) is 0 Å². The molecule has 0 aliphatic carbocycles. The average Bonchev–Trinajstić information content (AvgIpc) is 2.54. The number of esters is 1. The van der Waals surface area contributed by atoms with Gasteiger partial charge in [-0.25, -0.2) is 9.78 Å². The van der Waals surface area contributed by atoms with Crippen molar-refractivity contribution in [3.63, 3.8) is 0 Å². The minimum Gasteiger partial charge on any atom is -0.461 e. The molecule has 1 aromatic heterocycles. The zero-order valence-electron chi connectivity index (χ0n) is 7.66. The summed E-state index contributed by atoms with van der Waals surface area (Å²) in [6.07, 6.45) is 0. The molecule has 0 radical (unpaired) electrons. The largest absolute Gasteiger partial charge is 0.461 e. The van der Waals surface area contributed by atoms with Crippen LogP contribution in [0, 0.1) is 0 Å². The number of nitrogens with one attached hydrogen (secondary N) is 1. The van der Waals surface area contributed by atoms with E-state index in [0.717, 1.165) is 11.7 Å². The summed E-state index contributed by atoms with van der Waals surface area (Å²) in [6, 6.07) is 0. The molecule has 0 aliphatic rings. The van der Waals surface area contributed by atoms with Crippen LogP contribution in [-0.2, 0) is 4.74 Å². The number of carbonyl (C=O) groups is 1. The van der Waals surface area contributed by atoms with Crippen LogP contribution in [0.5, 0.6) is 0 Å². The zero-order chi connectivity index (χ0) is 9.68. The molecule has 0 aromatic carbocycles. The molecule has 0 unspecified atom stereocenters. The highest BCUT2D eigenvalue weighted by Gasteiger charge is 2.10. The summed E-state index contributed by atoms with van der Waals surface area (Å²) >= 11 is 1.41. The van der Waals surface area contributed by atoms with Crippen molar-refractivity contribution in [3.05, 3.63) is 11.1 Å². The van der Waals surface area contributed by atoms with Crippen molar-refractivity contribution in [3.8, 4) is 0 Å². The number of aromatic nitrogens is 1. The highest BCUT2D eigenvalue weighted by molar-refractivity contribution is 7.13. The monoisotopic (exact) mass is 200 g/mol. The predicted molar refractivity (Wildman–Crippen MR) is 52.2 cm³/mol. The predicted octanol–water partition coefficient (Wildman–Crippen LogP) is 1.75. The molecule has 0 atom stereocenters. The van der Waals surface area contributed by atoms with Crippen molar-refractivity contribution in [1.82, 2.24) is 4.98 Å². The van der Waals surface area contributed by atoms with E-state index < -0.39 is 0 Å². The van der Waals surface area contributed by atoms with E-state index in [-0.39, 0.29) is 5.97 Å². The number of thiazole rings is 1. The number of anilines is 1. The van der Waals surface area contributed by atoms with Crippen LogP contribution in [0.25, 0.3) is 0 Å². The first-order valence-electron chi connectivity index (χ1n) is 4.14. The molecule has 0 aliphatic heterocycles. The lowest BCUT2D eigenvalue weighted by Crippen LogP contribution is -2.05. The second-order valence-corrected chi connectivity index (χ2v) is 3.15. The minimum atomic E-state index is -0.358. The molecule has 0 spiro atoms. The lowest BCUT2D eigenvalue weighted by atomic mass is 10.5. The Bertz CT molecular complexity index is 285. The van der Waals surface area contributed by atoms with Gasteiger partial charge in [0.15, 0.2) is 10.8 Å². The standard InChI is InChI=1S/C8H12N2O2S/c1-3-9-8-10-6(5-13-8)7(11)12-4-2/h5H,3-4H2,1-2H3,(H,9,10). The van der Waals surface area contributed by atoms with E-state index in [0.29, 0.717) is 12.3 Å². The van der Waals surface area contributed by atoms with E-state index in [4.69, 9.17) is 4.74 Å². The number of nitrogens with zero attached hydrogens (tertiary/aromatic N) is 1. The third kappa shape index (κ3) is 2.69. The van der Waals surface area contributed by atoms with Crippen molar-refractivity contribution in [1.29, 1.82) is 0 Å². The molecule has 1 rings (SSSR count). The molecule has 0 saturated heterocycles. The van der Waals surface area contributed by atoms with Crippen LogP contribution in [-0.4, -0.2) is 24.1 Å². The maximum atomic E-state index is 11.2. The second kappa shape index (κ2) is 4.81. The van der Waals surface area contributed by atoms with Gasteiger partial charge >= 0.3 is 5.97 Å². The van der Waals surface area contributed by atoms with Gasteiger partial charge in [-0.1, -0.05) is 0 Å². The van der Waals surface area contributed by atoms with Gasteiger partial charge in [-0.2, -0.15) is 0 Å². The highest BCUT2D eigenvalue weighted by atomic mass is 32.1. The van der Waals surface area contributed by atoms with Gasteiger partial charge in [0.1, 0.15) is 0 Å². The first-order valence-corrected chi connectivity index (χ1v) is 5.02. The van der Waals surface area contributed by atoms with Gasteiger partial charge in [0.05, 0.1) is 6.61 Å². The Hall–Kier alpha value is -1.10. The van der Waals surface area contributed by atoms with Crippen molar-refractivity contribution < 1.29 is 9.53 Å². The summed E-state index contributed by atoms with van der Waals surface area (Å²) in [5, 5.41) is 5.47. The summed E-state index contributed by atoms with van der Waals surface area (Å²) in [6.45, 7) is 4.93. The van der Waals surface area contributed by atoms with Crippen LogP contribution in [0.15, 0.2) is 5.38 Å². The summed E-state index contributed by atoms with van der Waals surface area (Å²) < 4.78 is 4.80. The molecule has 0 bridgehead atoms. The number of ether oxygens (including phenoxy) is 1. The Morgan fingerprint density at radius 1 is 1.69 bits per heavy atom. The number of hydrogen-bond donors (Lipinski definition) is 1. The Morgan fingerprint density at radius 3 is 3.08 bits per heavy atom. The van der Waals surface area contributed by atoms with Crippen LogP contribution < -0.4 is 5.32 Å². The summed E-state index contributed by atoms with van der Waals surface area (Å²) in [7, 11) is 0. The first kappa shape index (κ1) is 9.98. The van der Waals surface area contributed by atoms with Gasteiger partial charge in [-0.05, 0) is 13.8 Å². The minimum absolute atomic E-state index is 0.358. The van der Waals surface area contributed by atoms with E-state index in [1.165, 1.54) is 11.3 Å². The molecule has 1 N–H and O–H groups in total. The summed E-state index contributed by atoms with van der Waals surface area (Å²) in [4.78, 5) is 15.2. The number of carbonyl (C=O) groups excluding carboxylic acids is 1. The highest BCUT2D eigenvalue weighted by Crippen LogP contribution is 2.15. The molecule has 13 heavy (non-hydrogen) atoms. The van der Waals surface area contributed by atoms with Gasteiger partial charge in [0.25, 0.3) is 0 Å². The Balaban J connectivity index is 2.62. The molecule has 0 amide bonds. The van der Waals surface area contributed by atoms with Gasteiger partial charge in [-0.15, -0.1) is 11.3 Å².